The first-order valence-electron chi connectivity index (χ1n) is 6.30. The molecule has 1 N–H and O–H groups in total. The van der Waals surface area contributed by atoms with Gasteiger partial charge in [-0.2, -0.15) is 0 Å². The van der Waals surface area contributed by atoms with Crippen LogP contribution in [-0.2, 0) is 11.0 Å². The molecule has 0 aliphatic carbocycles. The zero-order valence-electron chi connectivity index (χ0n) is 11.3. The monoisotopic (exact) mass is 285 g/mol. The highest BCUT2D eigenvalue weighted by Crippen LogP contribution is 2.18. The zero-order chi connectivity index (χ0) is 14.5. The summed E-state index contributed by atoms with van der Waals surface area (Å²) in [6, 6.07) is 7.61. The third-order valence-electron chi connectivity index (χ3n) is 2.92. The minimum atomic E-state index is -1.37. The maximum Gasteiger partial charge on any atom is 0.306 e. The van der Waals surface area contributed by atoms with Gasteiger partial charge >= 0.3 is 7.48 Å². The molecule has 1 atom stereocenters. The molecule has 0 aliphatic heterocycles. The summed E-state index contributed by atoms with van der Waals surface area (Å²) in [6.45, 7) is 5.52. The lowest BCUT2D eigenvalue weighted by Gasteiger charge is -2.05. The molecule has 0 fully saturated rings. The van der Waals surface area contributed by atoms with E-state index in [1.54, 1.807) is 28.4 Å². The van der Waals surface area contributed by atoms with Crippen molar-refractivity contribution in [1.29, 1.82) is 0 Å². The lowest BCUT2D eigenvalue weighted by molar-refractivity contribution is 0.615. The van der Waals surface area contributed by atoms with Crippen molar-refractivity contribution in [2.75, 3.05) is 0 Å². The van der Waals surface area contributed by atoms with E-state index in [4.69, 9.17) is 0 Å². The van der Waals surface area contributed by atoms with E-state index in [0.29, 0.717) is 4.91 Å². The van der Waals surface area contributed by atoms with Crippen LogP contribution in [0.25, 0.3) is 10.9 Å². The van der Waals surface area contributed by atoms with Gasteiger partial charge in [-0.15, -0.1) is 0 Å². The highest BCUT2D eigenvalue weighted by molar-refractivity contribution is 7.87. The maximum atomic E-state index is 12.7. The first kappa shape index (κ1) is 14.6. The Labute approximate surface area is 121 Å². The molecule has 0 saturated heterocycles. The van der Waals surface area contributed by atoms with Crippen molar-refractivity contribution >= 4 is 34.8 Å². The second-order valence-corrected chi connectivity index (χ2v) is 5.57. The number of nitrogens with zero attached hydrogens (tertiary/aromatic N) is 1. The van der Waals surface area contributed by atoms with E-state index < -0.39 is 11.0 Å². The lowest BCUT2D eigenvalue weighted by Crippen LogP contribution is -2.12. The van der Waals surface area contributed by atoms with Crippen molar-refractivity contribution in [3.8, 4) is 0 Å². The quantitative estimate of drug-likeness (QED) is 0.672. The second kappa shape index (κ2) is 6.54. The number of aromatic nitrogens is 1. The fourth-order valence-corrected chi connectivity index (χ4v) is 3.30. The third kappa shape index (κ3) is 2.69. The Morgan fingerprint density at radius 2 is 2.20 bits per heavy atom. The average molecular weight is 285 g/mol. The minimum Gasteiger partial charge on any atom is -0.449 e. The first-order chi connectivity index (χ1) is 9.72. The number of hydrogen-bond donors (Lipinski definition) is 1. The lowest BCUT2D eigenvalue weighted by atomic mass is 9.89. The number of fused-ring (bicyclic) bond motifs is 1. The van der Waals surface area contributed by atoms with E-state index in [1.807, 2.05) is 37.3 Å². The molecule has 1 aromatic carbocycles. The Balaban J connectivity index is 2.60. The van der Waals surface area contributed by atoms with Crippen LogP contribution in [0.15, 0.2) is 66.3 Å². The molecule has 0 radical (unpaired) electrons. The van der Waals surface area contributed by atoms with Gasteiger partial charge in [-0.25, -0.2) is 4.21 Å². The van der Waals surface area contributed by atoms with Crippen molar-refractivity contribution in [2.45, 2.75) is 6.92 Å². The average Bonchev–Trinajstić information content (AvgIpc) is 2.85. The summed E-state index contributed by atoms with van der Waals surface area (Å²) in [4.78, 5) is 0.660. The number of para-hydroxylation sites is 1. The van der Waals surface area contributed by atoms with Gasteiger partial charge in [-0.05, 0) is 36.0 Å². The van der Waals surface area contributed by atoms with Gasteiger partial charge in [-0.1, -0.05) is 36.9 Å². The van der Waals surface area contributed by atoms with Gasteiger partial charge in [0.25, 0.3) is 0 Å². The highest BCUT2D eigenvalue weighted by Gasteiger charge is 2.14. The van der Waals surface area contributed by atoms with E-state index in [-0.39, 0.29) is 7.48 Å². The molecular formula is C15H16BNO2S. The molecule has 3 nitrogen and oxygen atoms in total. The summed E-state index contributed by atoms with van der Waals surface area (Å²) < 4.78 is 14.4. The van der Waals surface area contributed by atoms with Crippen molar-refractivity contribution in [3.05, 3.63) is 66.3 Å². The zero-order valence-corrected chi connectivity index (χ0v) is 12.1. The van der Waals surface area contributed by atoms with Crippen molar-refractivity contribution in [2.24, 2.45) is 0 Å². The van der Waals surface area contributed by atoms with Crippen LogP contribution in [0.1, 0.15) is 6.92 Å². The second-order valence-electron chi connectivity index (χ2n) is 4.21. The van der Waals surface area contributed by atoms with Gasteiger partial charge in [0.05, 0.1) is 10.4 Å². The molecule has 2 aromatic rings. The van der Waals surface area contributed by atoms with Crippen LogP contribution >= 0.6 is 0 Å². The van der Waals surface area contributed by atoms with E-state index in [0.717, 1.165) is 16.4 Å². The van der Waals surface area contributed by atoms with Gasteiger partial charge < -0.3 is 5.02 Å². The smallest absolute Gasteiger partial charge is 0.306 e. The molecule has 0 bridgehead atoms. The van der Waals surface area contributed by atoms with Crippen molar-refractivity contribution in [1.82, 2.24) is 3.97 Å². The molecule has 2 rings (SSSR count). The van der Waals surface area contributed by atoms with Gasteiger partial charge in [0.15, 0.2) is 11.0 Å². The molecule has 1 heterocycles. The summed E-state index contributed by atoms with van der Waals surface area (Å²) >= 11 is 0. The fraction of sp³-hybridized carbons (Fsp3) is 0.0667. The van der Waals surface area contributed by atoms with Gasteiger partial charge in [-0.3, -0.25) is 3.97 Å². The number of hydrogen-bond acceptors (Lipinski definition) is 2. The molecule has 0 saturated carbocycles. The summed E-state index contributed by atoms with van der Waals surface area (Å²) in [6.07, 6.45) is 8.72. The Kier molecular flexibility index (Phi) is 4.77. The van der Waals surface area contributed by atoms with Crippen LogP contribution in [0.4, 0.5) is 0 Å². The molecule has 0 aliphatic rings. The third-order valence-corrected chi connectivity index (χ3v) is 4.26. The van der Waals surface area contributed by atoms with Gasteiger partial charge in [0.1, 0.15) is 0 Å². The molecule has 1 unspecified atom stereocenters. The SMILES string of the molecule is C=C/C=C(\C=C/C)S(=O)n1cc(BO)c2ccccc21. The van der Waals surface area contributed by atoms with E-state index >= 15 is 0 Å². The standard InChI is InChI=1S/C15H16BNO2S/c1-3-7-12(8-4-2)20(19)17-11-14(16-18)13-9-5-6-10-15(13)17/h3-11,16,18H,1H2,2H3/b8-4-,12-7+. The Hall–Kier alpha value is -1.85. The van der Waals surface area contributed by atoms with E-state index in [2.05, 4.69) is 6.58 Å². The van der Waals surface area contributed by atoms with E-state index in [9.17, 15) is 9.23 Å². The molecule has 20 heavy (non-hydrogen) atoms. The predicted octanol–water partition coefficient (Wildman–Crippen LogP) is 1.77. The fourth-order valence-electron chi connectivity index (χ4n) is 2.05. The summed E-state index contributed by atoms with van der Waals surface area (Å²) in [7, 11) is -1.44. The highest BCUT2D eigenvalue weighted by atomic mass is 32.2. The van der Waals surface area contributed by atoms with Crippen molar-refractivity contribution in [3.63, 3.8) is 0 Å². The topological polar surface area (TPSA) is 42.2 Å². The molecule has 5 heteroatoms. The number of rotatable bonds is 5. The summed E-state index contributed by atoms with van der Waals surface area (Å²) in [5.41, 5.74) is 1.61. The predicted molar refractivity (Wildman–Crippen MR) is 87.6 cm³/mol. The van der Waals surface area contributed by atoms with Crippen LogP contribution in [0, 0.1) is 0 Å². The van der Waals surface area contributed by atoms with Crippen LogP contribution < -0.4 is 5.46 Å². The maximum absolute atomic E-state index is 12.7. The largest absolute Gasteiger partial charge is 0.449 e. The normalized spacial score (nSPS) is 13.8. The van der Waals surface area contributed by atoms with Gasteiger partial charge in [0, 0.05) is 6.20 Å². The van der Waals surface area contributed by atoms with Crippen LogP contribution in [0.2, 0.25) is 0 Å². The minimum absolute atomic E-state index is 0.0746. The van der Waals surface area contributed by atoms with Crippen molar-refractivity contribution < 1.29 is 9.23 Å². The summed E-state index contributed by atoms with van der Waals surface area (Å²) in [5.74, 6) is 0. The van der Waals surface area contributed by atoms with Crippen LogP contribution in [0.3, 0.4) is 0 Å². The summed E-state index contributed by atoms with van der Waals surface area (Å²) in [5, 5.41) is 10.3. The van der Waals surface area contributed by atoms with Crippen LogP contribution in [0.5, 0.6) is 0 Å². The molecule has 102 valence electrons. The first-order valence-corrected chi connectivity index (χ1v) is 7.41. The molecular weight excluding hydrogens is 269 g/mol. The number of benzene rings is 1. The van der Waals surface area contributed by atoms with Crippen LogP contribution in [-0.4, -0.2) is 20.7 Å². The Bertz CT molecular complexity index is 716. The van der Waals surface area contributed by atoms with E-state index in [1.165, 1.54) is 0 Å². The van der Waals surface area contributed by atoms with Gasteiger partial charge in [0.2, 0.25) is 0 Å². The Morgan fingerprint density at radius 1 is 1.45 bits per heavy atom. The number of allylic oxidation sites excluding steroid dienone is 4. The molecule has 1 aromatic heterocycles. The Morgan fingerprint density at radius 3 is 2.85 bits per heavy atom. The molecule has 0 spiro atoms. The molecule has 0 amide bonds.